The molecule has 0 radical (unpaired) electrons. The summed E-state index contributed by atoms with van der Waals surface area (Å²) < 4.78 is 4.93. The number of para-hydroxylation sites is 1. The van der Waals surface area contributed by atoms with Crippen molar-refractivity contribution in [3.8, 4) is 0 Å². The molecule has 2 rings (SSSR count). The number of carbonyl (C=O) groups excluding carboxylic acids is 1. The second kappa shape index (κ2) is 8.29. The van der Waals surface area contributed by atoms with E-state index in [4.69, 9.17) is 4.74 Å². The van der Waals surface area contributed by atoms with Gasteiger partial charge in [0.25, 0.3) is 5.91 Å². The molecule has 0 saturated carbocycles. The molecule has 0 saturated heterocycles. The molecule has 122 valence electrons. The van der Waals surface area contributed by atoms with E-state index in [-0.39, 0.29) is 5.91 Å². The van der Waals surface area contributed by atoms with Crippen molar-refractivity contribution in [3.05, 3.63) is 53.2 Å². The van der Waals surface area contributed by atoms with E-state index in [0.29, 0.717) is 24.5 Å². The van der Waals surface area contributed by atoms with Gasteiger partial charge >= 0.3 is 0 Å². The van der Waals surface area contributed by atoms with Crippen LogP contribution < -0.4 is 10.6 Å². The average Bonchev–Trinajstić information content (AvgIpc) is 2.57. The Morgan fingerprint density at radius 3 is 2.87 bits per heavy atom. The summed E-state index contributed by atoms with van der Waals surface area (Å²) in [5, 5.41) is 6.14. The standard InChI is InChI=1S/C18H23N3O2/c1-4-14-7-5-6-13(2)17(14)21-16-12-15(8-9-19-16)18(22)20-10-11-23-3/h5-9,12H,4,10-11H2,1-3H3,(H,19,21)(H,20,22). The molecule has 2 aromatic rings. The minimum atomic E-state index is -0.131. The number of amides is 1. The van der Waals surface area contributed by atoms with Crippen LogP contribution in [0, 0.1) is 6.92 Å². The second-order valence-electron chi connectivity index (χ2n) is 5.27. The number of carbonyl (C=O) groups is 1. The molecule has 5 nitrogen and oxygen atoms in total. The summed E-state index contributed by atoms with van der Waals surface area (Å²) in [6, 6.07) is 9.66. The van der Waals surface area contributed by atoms with Gasteiger partial charge in [-0.1, -0.05) is 25.1 Å². The van der Waals surface area contributed by atoms with Crippen molar-refractivity contribution in [2.75, 3.05) is 25.6 Å². The van der Waals surface area contributed by atoms with Gasteiger partial charge in [-0.3, -0.25) is 4.79 Å². The van der Waals surface area contributed by atoms with E-state index >= 15 is 0 Å². The lowest BCUT2D eigenvalue weighted by atomic mass is 10.1. The quantitative estimate of drug-likeness (QED) is 0.771. The smallest absolute Gasteiger partial charge is 0.251 e. The maximum atomic E-state index is 12.1. The number of anilines is 2. The van der Waals surface area contributed by atoms with Gasteiger partial charge in [-0.2, -0.15) is 0 Å². The van der Waals surface area contributed by atoms with Gasteiger partial charge in [0.2, 0.25) is 0 Å². The van der Waals surface area contributed by atoms with Gasteiger partial charge in [0, 0.05) is 31.1 Å². The van der Waals surface area contributed by atoms with Crippen molar-refractivity contribution < 1.29 is 9.53 Å². The van der Waals surface area contributed by atoms with Crippen LogP contribution in [0.2, 0.25) is 0 Å². The summed E-state index contributed by atoms with van der Waals surface area (Å²) in [6.45, 7) is 5.15. The van der Waals surface area contributed by atoms with Gasteiger partial charge < -0.3 is 15.4 Å². The van der Waals surface area contributed by atoms with E-state index in [9.17, 15) is 4.79 Å². The van der Waals surface area contributed by atoms with Crippen molar-refractivity contribution >= 4 is 17.4 Å². The molecule has 1 aromatic heterocycles. The van der Waals surface area contributed by atoms with Crippen molar-refractivity contribution in [1.82, 2.24) is 10.3 Å². The topological polar surface area (TPSA) is 63.2 Å². The lowest BCUT2D eigenvalue weighted by Crippen LogP contribution is -2.27. The molecule has 23 heavy (non-hydrogen) atoms. The molecule has 1 aromatic carbocycles. The van der Waals surface area contributed by atoms with E-state index < -0.39 is 0 Å². The highest BCUT2D eigenvalue weighted by molar-refractivity contribution is 5.94. The Hall–Kier alpha value is -2.40. The second-order valence-corrected chi connectivity index (χ2v) is 5.27. The van der Waals surface area contributed by atoms with Crippen LogP contribution in [0.4, 0.5) is 11.5 Å². The van der Waals surface area contributed by atoms with E-state index in [1.807, 2.05) is 6.07 Å². The number of hydrogen-bond acceptors (Lipinski definition) is 4. The lowest BCUT2D eigenvalue weighted by molar-refractivity contribution is 0.0937. The third kappa shape index (κ3) is 4.53. The molecule has 0 fully saturated rings. The number of nitrogens with one attached hydrogen (secondary N) is 2. The molecule has 2 N–H and O–H groups in total. The number of nitrogens with zero attached hydrogens (tertiary/aromatic N) is 1. The van der Waals surface area contributed by atoms with Gasteiger partial charge in [-0.05, 0) is 36.6 Å². The Kier molecular flexibility index (Phi) is 6.11. The molecule has 0 aliphatic carbocycles. The maximum Gasteiger partial charge on any atom is 0.251 e. The maximum absolute atomic E-state index is 12.1. The highest BCUT2D eigenvalue weighted by Gasteiger charge is 2.09. The summed E-state index contributed by atoms with van der Waals surface area (Å²) in [7, 11) is 1.61. The fraction of sp³-hybridized carbons (Fsp3) is 0.333. The molecule has 0 aliphatic rings. The van der Waals surface area contributed by atoms with Crippen LogP contribution in [0.25, 0.3) is 0 Å². The fourth-order valence-corrected chi connectivity index (χ4v) is 2.34. The molecule has 0 spiro atoms. The number of pyridine rings is 1. The van der Waals surface area contributed by atoms with Crippen LogP contribution in [0.3, 0.4) is 0 Å². The monoisotopic (exact) mass is 313 g/mol. The Balaban J connectivity index is 2.16. The third-order valence-corrected chi connectivity index (χ3v) is 3.61. The predicted molar refractivity (Wildman–Crippen MR) is 92.3 cm³/mol. The van der Waals surface area contributed by atoms with Crippen molar-refractivity contribution in [2.24, 2.45) is 0 Å². The largest absolute Gasteiger partial charge is 0.383 e. The van der Waals surface area contributed by atoms with Gasteiger partial charge in [-0.25, -0.2) is 4.98 Å². The summed E-state index contributed by atoms with van der Waals surface area (Å²) in [5.41, 5.74) is 4.01. The molecular weight excluding hydrogens is 290 g/mol. The van der Waals surface area contributed by atoms with Crippen LogP contribution in [0.15, 0.2) is 36.5 Å². The molecule has 0 unspecified atom stereocenters. The lowest BCUT2D eigenvalue weighted by Gasteiger charge is -2.14. The number of rotatable bonds is 7. The number of hydrogen-bond donors (Lipinski definition) is 2. The molecule has 5 heteroatoms. The summed E-state index contributed by atoms with van der Waals surface area (Å²) in [5.74, 6) is 0.529. The van der Waals surface area contributed by atoms with Gasteiger partial charge in [0.1, 0.15) is 5.82 Å². The minimum Gasteiger partial charge on any atom is -0.383 e. The number of aromatic nitrogens is 1. The summed E-state index contributed by atoms with van der Waals surface area (Å²) >= 11 is 0. The van der Waals surface area contributed by atoms with E-state index in [1.54, 1.807) is 25.4 Å². The highest BCUT2D eigenvalue weighted by atomic mass is 16.5. The zero-order chi connectivity index (χ0) is 16.7. The number of benzene rings is 1. The number of aryl methyl sites for hydroxylation is 2. The average molecular weight is 313 g/mol. The number of ether oxygens (including phenoxy) is 1. The normalized spacial score (nSPS) is 10.4. The SMILES string of the molecule is CCc1cccc(C)c1Nc1cc(C(=O)NCCOC)ccn1. The van der Waals surface area contributed by atoms with Gasteiger partial charge in [0.05, 0.1) is 6.61 Å². The first-order chi connectivity index (χ1) is 11.2. The highest BCUT2D eigenvalue weighted by Crippen LogP contribution is 2.24. The fourth-order valence-electron chi connectivity index (χ4n) is 2.34. The molecular formula is C18H23N3O2. The molecule has 0 aliphatic heterocycles. The zero-order valence-corrected chi connectivity index (χ0v) is 13.8. The van der Waals surface area contributed by atoms with Crippen LogP contribution in [0.1, 0.15) is 28.4 Å². The van der Waals surface area contributed by atoms with E-state index in [2.05, 4.69) is 41.6 Å². The Labute approximate surface area is 137 Å². The van der Waals surface area contributed by atoms with Crippen molar-refractivity contribution in [1.29, 1.82) is 0 Å². The first-order valence-electron chi connectivity index (χ1n) is 7.74. The van der Waals surface area contributed by atoms with E-state index in [1.165, 1.54) is 5.56 Å². The zero-order valence-electron chi connectivity index (χ0n) is 13.8. The van der Waals surface area contributed by atoms with Crippen LogP contribution in [-0.2, 0) is 11.2 Å². The predicted octanol–water partition coefficient (Wildman–Crippen LogP) is 3.07. The summed E-state index contributed by atoms with van der Waals surface area (Å²) in [6.07, 6.45) is 2.57. The molecule has 1 amide bonds. The Morgan fingerprint density at radius 1 is 1.30 bits per heavy atom. The number of methoxy groups -OCH3 is 1. The van der Waals surface area contributed by atoms with Crippen molar-refractivity contribution in [3.63, 3.8) is 0 Å². The Bertz CT molecular complexity index is 671. The van der Waals surface area contributed by atoms with Crippen molar-refractivity contribution in [2.45, 2.75) is 20.3 Å². The van der Waals surface area contributed by atoms with Crippen LogP contribution in [-0.4, -0.2) is 31.2 Å². The van der Waals surface area contributed by atoms with Crippen LogP contribution in [0.5, 0.6) is 0 Å². The first-order valence-corrected chi connectivity index (χ1v) is 7.74. The van der Waals surface area contributed by atoms with Crippen LogP contribution >= 0.6 is 0 Å². The molecule has 1 heterocycles. The first kappa shape index (κ1) is 17.0. The molecule has 0 bridgehead atoms. The Morgan fingerprint density at radius 2 is 2.13 bits per heavy atom. The van der Waals surface area contributed by atoms with Gasteiger partial charge in [0.15, 0.2) is 0 Å². The van der Waals surface area contributed by atoms with E-state index in [0.717, 1.165) is 17.7 Å². The molecule has 0 atom stereocenters. The minimum absolute atomic E-state index is 0.131. The third-order valence-electron chi connectivity index (χ3n) is 3.61. The summed E-state index contributed by atoms with van der Waals surface area (Å²) in [4.78, 5) is 16.4. The van der Waals surface area contributed by atoms with Gasteiger partial charge in [-0.15, -0.1) is 0 Å².